The average Bonchev–Trinajstić information content (AvgIpc) is 2.60. The molecule has 1 atom stereocenters. The molecular weight excluding hydrogens is 306 g/mol. The highest BCUT2D eigenvalue weighted by Crippen LogP contribution is 2.49. The highest BCUT2D eigenvalue weighted by Gasteiger charge is 2.49. The van der Waals surface area contributed by atoms with E-state index in [-0.39, 0.29) is 29.9 Å². The number of nitrogens with one attached hydrogen (secondary N) is 1. The van der Waals surface area contributed by atoms with Crippen molar-refractivity contribution < 1.29 is 14.3 Å². The number of aromatic nitrogens is 1. The lowest BCUT2D eigenvalue weighted by Crippen LogP contribution is -2.60. The van der Waals surface area contributed by atoms with Crippen LogP contribution >= 0.6 is 0 Å². The van der Waals surface area contributed by atoms with Gasteiger partial charge in [0.25, 0.3) is 0 Å². The number of carbonyl (C=O) groups is 2. The average molecular weight is 331 g/mol. The topological polar surface area (TPSA) is 71.5 Å². The van der Waals surface area contributed by atoms with Crippen LogP contribution in [0.15, 0.2) is 24.5 Å². The molecule has 24 heavy (non-hydrogen) atoms. The molecule has 2 heterocycles. The maximum Gasteiger partial charge on any atom is 0.246 e. The second kappa shape index (κ2) is 7.30. The van der Waals surface area contributed by atoms with Gasteiger partial charge in [0.05, 0.1) is 6.42 Å². The molecule has 1 saturated heterocycles. The van der Waals surface area contributed by atoms with E-state index < -0.39 is 0 Å². The fraction of sp³-hybridized carbons (Fsp3) is 0.611. The zero-order valence-corrected chi connectivity index (χ0v) is 14.2. The largest absolute Gasteiger partial charge is 0.375 e. The number of pyridine rings is 1. The minimum atomic E-state index is -0.0448. The summed E-state index contributed by atoms with van der Waals surface area (Å²) in [7, 11) is 1.53. The van der Waals surface area contributed by atoms with Crippen molar-refractivity contribution in [1.82, 2.24) is 15.2 Å². The normalized spacial score (nSPS) is 22.0. The van der Waals surface area contributed by atoms with Gasteiger partial charge in [-0.25, -0.2) is 0 Å². The van der Waals surface area contributed by atoms with Crippen molar-refractivity contribution in [1.29, 1.82) is 0 Å². The molecule has 1 N–H and O–H groups in total. The van der Waals surface area contributed by atoms with Crippen LogP contribution in [0, 0.1) is 5.41 Å². The van der Waals surface area contributed by atoms with Gasteiger partial charge in [-0.05, 0) is 42.7 Å². The number of hydrogen-bond acceptors (Lipinski definition) is 4. The fourth-order valence-corrected chi connectivity index (χ4v) is 3.88. The number of piperidine rings is 1. The third kappa shape index (κ3) is 3.59. The van der Waals surface area contributed by atoms with E-state index in [9.17, 15) is 9.59 Å². The molecule has 1 aliphatic carbocycles. The Balaban J connectivity index is 1.50. The van der Waals surface area contributed by atoms with Crippen molar-refractivity contribution in [2.45, 2.75) is 38.1 Å². The monoisotopic (exact) mass is 331 g/mol. The van der Waals surface area contributed by atoms with E-state index in [4.69, 9.17) is 4.74 Å². The van der Waals surface area contributed by atoms with Crippen LogP contribution in [0.25, 0.3) is 0 Å². The van der Waals surface area contributed by atoms with Crippen LogP contribution in [-0.2, 0) is 20.7 Å². The van der Waals surface area contributed by atoms with E-state index in [1.165, 1.54) is 7.11 Å². The first-order chi connectivity index (χ1) is 11.6. The highest BCUT2D eigenvalue weighted by molar-refractivity contribution is 5.79. The predicted molar refractivity (Wildman–Crippen MR) is 89.2 cm³/mol. The summed E-state index contributed by atoms with van der Waals surface area (Å²) in [6, 6.07) is 4.02. The standard InChI is InChI=1S/C18H25N3O3/c1-24-13-16(22)20-15-4-5-18(15)6-9-21(10-7-18)17(23)11-14-3-2-8-19-12-14/h2-3,8,12,15H,4-7,9-11,13H2,1H3,(H,20,22). The maximum absolute atomic E-state index is 12.4. The molecule has 1 spiro atoms. The van der Waals surface area contributed by atoms with Gasteiger partial charge in [0.1, 0.15) is 6.61 Å². The Kier molecular flexibility index (Phi) is 5.14. The zero-order valence-electron chi connectivity index (χ0n) is 14.2. The summed E-state index contributed by atoms with van der Waals surface area (Å²) in [6.07, 6.45) is 7.96. The number of amides is 2. The smallest absolute Gasteiger partial charge is 0.246 e. The van der Waals surface area contributed by atoms with Crippen molar-refractivity contribution in [3.05, 3.63) is 30.1 Å². The van der Waals surface area contributed by atoms with Gasteiger partial charge >= 0.3 is 0 Å². The molecule has 6 nitrogen and oxygen atoms in total. The van der Waals surface area contributed by atoms with Crippen LogP contribution in [0.5, 0.6) is 0 Å². The Hall–Kier alpha value is -1.95. The van der Waals surface area contributed by atoms with E-state index in [1.807, 2.05) is 17.0 Å². The van der Waals surface area contributed by atoms with Gasteiger partial charge in [-0.15, -0.1) is 0 Å². The van der Waals surface area contributed by atoms with Crippen molar-refractivity contribution in [3.8, 4) is 0 Å². The summed E-state index contributed by atoms with van der Waals surface area (Å²) < 4.78 is 4.88. The molecule has 2 amide bonds. The highest BCUT2D eigenvalue weighted by atomic mass is 16.5. The van der Waals surface area contributed by atoms with Gasteiger partial charge in [0.2, 0.25) is 11.8 Å². The van der Waals surface area contributed by atoms with Gasteiger partial charge in [-0.1, -0.05) is 6.07 Å². The lowest BCUT2D eigenvalue weighted by atomic mass is 9.59. The van der Waals surface area contributed by atoms with Gasteiger partial charge in [-0.3, -0.25) is 14.6 Å². The Labute approximate surface area is 142 Å². The molecule has 130 valence electrons. The van der Waals surface area contributed by atoms with Crippen LogP contribution in [0.4, 0.5) is 0 Å². The second-order valence-electron chi connectivity index (χ2n) is 6.87. The first-order valence-electron chi connectivity index (χ1n) is 8.58. The first kappa shape index (κ1) is 16.9. The molecule has 3 rings (SSSR count). The molecule has 0 radical (unpaired) electrons. The third-order valence-electron chi connectivity index (χ3n) is 5.47. The summed E-state index contributed by atoms with van der Waals surface area (Å²) in [5.74, 6) is 0.119. The summed E-state index contributed by atoms with van der Waals surface area (Å²) in [6.45, 7) is 1.66. The summed E-state index contributed by atoms with van der Waals surface area (Å²) in [4.78, 5) is 30.2. The number of hydrogen-bond donors (Lipinski definition) is 1. The van der Waals surface area contributed by atoms with E-state index in [0.29, 0.717) is 6.42 Å². The van der Waals surface area contributed by atoms with E-state index in [2.05, 4.69) is 10.3 Å². The minimum absolute atomic E-state index is 0.0448. The number of likely N-dealkylation sites (tertiary alicyclic amines) is 1. The molecule has 1 aromatic heterocycles. The number of ether oxygens (including phenoxy) is 1. The molecular formula is C18H25N3O3. The molecule has 1 aromatic rings. The molecule has 1 saturated carbocycles. The Morgan fingerprint density at radius 3 is 2.75 bits per heavy atom. The maximum atomic E-state index is 12.4. The quantitative estimate of drug-likeness (QED) is 0.879. The fourth-order valence-electron chi connectivity index (χ4n) is 3.88. The SMILES string of the molecule is COCC(=O)NC1CCC12CCN(C(=O)Cc1cccnc1)CC2. The van der Waals surface area contributed by atoms with Crippen LogP contribution in [-0.4, -0.2) is 54.5 Å². The van der Waals surface area contributed by atoms with Crippen LogP contribution in [0.3, 0.4) is 0 Å². The predicted octanol–water partition coefficient (Wildman–Crippen LogP) is 1.16. The summed E-state index contributed by atoms with van der Waals surface area (Å²) in [5.41, 5.74) is 1.13. The molecule has 2 fully saturated rings. The third-order valence-corrected chi connectivity index (χ3v) is 5.47. The molecule has 2 aliphatic rings. The van der Waals surface area contributed by atoms with E-state index >= 15 is 0 Å². The number of rotatable bonds is 5. The molecule has 1 aliphatic heterocycles. The Morgan fingerprint density at radius 2 is 2.17 bits per heavy atom. The van der Waals surface area contributed by atoms with Gasteiger partial charge in [0.15, 0.2) is 0 Å². The zero-order chi connectivity index (χ0) is 17.0. The van der Waals surface area contributed by atoms with Crippen molar-refractivity contribution >= 4 is 11.8 Å². The van der Waals surface area contributed by atoms with E-state index in [1.54, 1.807) is 12.4 Å². The number of carbonyl (C=O) groups excluding carboxylic acids is 2. The van der Waals surface area contributed by atoms with Gasteiger partial charge in [-0.2, -0.15) is 0 Å². The van der Waals surface area contributed by atoms with Crippen molar-refractivity contribution in [3.63, 3.8) is 0 Å². The molecule has 0 aromatic carbocycles. The van der Waals surface area contributed by atoms with Crippen LogP contribution in [0.1, 0.15) is 31.2 Å². The first-order valence-corrected chi connectivity index (χ1v) is 8.58. The van der Waals surface area contributed by atoms with Crippen LogP contribution < -0.4 is 5.32 Å². The molecule has 6 heteroatoms. The van der Waals surface area contributed by atoms with Crippen LogP contribution in [0.2, 0.25) is 0 Å². The molecule has 0 bridgehead atoms. The second-order valence-corrected chi connectivity index (χ2v) is 6.87. The van der Waals surface area contributed by atoms with Gasteiger partial charge in [0, 0.05) is 38.6 Å². The Morgan fingerprint density at radius 1 is 1.38 bits per heavy atom. The van der Waals surface area contributed by atoms with Crippen molar-refractivity contribution in [2.75, 3.05) is 26.8 Å². The molecule has 1 unspecified atom stereocenters. The lowest BCUT2D eigenvalue weighted by Gasteiger charge is -2.54. The number of methoxy groups -OCH3 is 1. The van der Waals surface area contributed by atoms with Crippen molar-refractivity contribution in [2.24, 2.45) is 5.41 Å². The number of nitrogens with zero attached hydrogens (tertiary/aromatic N) is 2. The summed E-state index contributed by atoms with van der Waals surface area (Å²) in [5, 5.41) is 3.09. The minimum Gasteiger partial charge on any atom is -0.375 e. The Bertz CT molecular complexity index is 582. The van der Waals surface area contributed by atoms with Gasteiger partial charge < -0.3 is 15.0 Å². The summed E-state index contributed by atoms with van der Waals surface area (Å²) >= 11 is 0. The lowest BCUT2D eigenvalue weighted by molar-refractivity contribution is -0.137. The van der Waals surface area contributed by atoms with E-state index in [0.717, 1.165) is 44.3 Å².